The number of aromatic nitrogens is 2. The third-order valence-corrected chi connectivity index (χ3v) is 8.13. The summed E-state index contributed by atoms with van der Waals surface area (Å²) in [5.41, 5.74) is 6.30. The van der Waals surface area contributed by atoms with Crippen LogP contribution in [0.1, 0.15) is 28.8 Å². The summed E-state index contributed by atoms with van der Waals surface area (Å²) in [6.07, 6.45) is 1.66. The van der Waals surface area contributed by atoms with Crippen LogP contribution in [-0.4, -0.2) is 73.9 Å². The van der Waals surface area contributed by atoms with Crippen LogP contribution in [0, 0.1) is 0 Å². The lowest BCUT2D eigenvalue weighted by molar-refractivity contribution is -0.124. The average molecular weight is 568 g/mol. The first-order valence-electron chi connectivity index (χ1n) is 14.5. The number of fused-ring (bicyclic) bond motifs is 2. The van der Waals surface area contributed by atoms with Crippen LogP contribution in [0.4, 0.5) is 11.4 Å². The van der Waals surface area contributed by atoms with Gasteiger partial charge in [-0.15, -0.1) is 0 Å². The minimum atomic E-state index is -0.129. The highest BCUT2D eigenvalue weighted by molar-refractivity contribution is 6.10. The number of amides is 2. The van der Waals surface area contributed by atoms with Crippen LogP contribution in [-0.2, 0) is 20.8 Å². The summed E-state index contributed by atoms with van der Waals surface area (Å²) in [5, 5.41) is 3.00. The van der Waals surface area contributed by atoms with Gasteiger partial charge in [-0.25, -0.2) is 4.98 Å². The first-order valence-corrected chi connectivity index (χ1v) is 14.5. The molecule has 4 aromatic rings. The maximum absolute atomic E-state index is 13.3. The fourth-order valence-electron chi connectivity index (χ4n) is 5.80. The molecule has 0 bridgehead atoms. The zero-order valence-electron chi connectivity index (χ0n) is 23.3. The van der Waals surface area contributed by atoms with Gasteiger partial charge in [0.05, 0.1) is 30.8 Å². The normalized spacial score (nSPS) is 17.5. The molecule has 2 fully saturated rings. The number of hydrogen-bond acceptors (Lipinski definition) is 7. The largest absolute Gasteiger partial charge is 0.484 e. The van der Waals surface area contributed by atoms with Gasteiger partial charge in [-0.2, -0.15) is 0 Å². The van der Waals surface area contributed by atoms with Gasteiger partial charge in [-0.1, -0.05) is 0 Å². The lowest BCUT2D eigenvalue weighted by Gasteiger charge is -2.29. The molecule has 42 heavy (non-hydrogen) atoms. The molecule has 0 aliphatic carbocycles. The molecule has 3 aromatic carbocycles. The minimum absolute atomic E-state index is 0.00525. The number of imidazole rings is 1. The van der Waals surface area contributed by atoms with Crippen molar-refractivity contribution in [2.75, 3.05) is 55.9 Å². The van der Waals surface area contributed by atoms with Crippen LogP contribution in [0.15, 0.2) is 60.7 Å². The van der Waals surface area contributed by atoms with E-state index < -0.39 is 0 Å². The Hall–Kier alpha value is -4.41. The summed E-state index contributed by atoms with van der Waals surface area (Å²) in [6, 6.07) is 19.6. The number of anilines is 2. The lowest BCUT2D eigenvalue weighted by Crippen LogP contribution is -2.41. The van der Waals surface area contributed by atoms with Crippen molar-refractivity contribution in [3.63, 3.8) is 0 Å². The Kier molecular flexibility index (Phi) is 7.23. The number of carbonyl (C=O) groups excluding carboxylic acids is 2. The van der Waals surface area contributed by atoms with E-state index >= 15 is 0 Å². The number of nitrogens with one attached hydrogen (secondary N) is 2. The molecule has 3 aliphatic rings. The van der Waals surface area contributed by atoms with Crippen molar-refractivity contribution in [1.82, 2.24) is 15.3 Å². The Balaban J connectivity index is 1.01. The number of aromatic amines is 1. The predicted molar refractivity (Wildman–Crippen MR) is 159 cm³/mol. The highest BCUT2D eigenvalue weighted by Gasteiger charge is 2.29. The third-order valence-electron chi connectivity index (χ3n) is 8.13. The SMILES string of the molecule is O=C(COc1ccc(-c2nc3cc(N4Cc5cc(N6CCOCC6)ccc5C4=O)ccc3[nH]2)cc1)NC1CCOCC1. The molecule has 3 aliphatic heterocycles. The van der Waals surface area contributed by atoms with E-state index in [0.717, 1.165) is 84.1 Å². The van der Waals surface area contributed by atoms with Gasteiger partial charge in [-0.3, -0.25) is 9.59 Å². The minimum Gasteiger partial charge on any atom is -0.484 e. The predicted octanol–water partition coefficient (Wildman–Crippen LogP) is 3.90. The van der Waals surface area contributed by atoms with Gasteiger partial charge in [0.1, 0.15) is 11.6 Å². The summed E-state index contributed by atoms with van der Waals surface area (Å²) in [7, 11) is 0. The molecule has 0 unspecified atom stereocenters. The van der Waals surface area contributed by atoms with E-state index in [1.54, 1.807) is 0 Å². The molecule has 2 N–H and O–H groups in total. The Morgan fingerprint density at radius 3 is 2.52 bits per heavy atom. The van der Waals surface area contributed by atoms with Gasteiger partial charge in [0.25, 0.3) is 11.8 Å². The van der Waals surface area contributed by atoms with E-state index in [1.807, 2.05) is 59.5 Å². The highest BCUT2D eigenvalue weighted by atomic mass is 16.5. The molecule has 0 radical (unpaired) electrons. The Labute approximate surface area is 243 Å². The van der Waals surface area contributed by atoms with E-state index in [1.165, 1.54) is 0 Å². The number of H-pyrrole nitrogens is 1. The molecule has 2 saturated heterocycles. The van der Waals surface area contributed by atoms with Crippen LogP contribution in [0.25, 0.3) is 22.4 Å². The summed E-state index contributed by atoms with van der Waals surface area (Å²) in [4.78, 5) is 37.8. The standard InChI is InChI=1S/C32H33N5O5/c38-30(33-23-9-13-40-14-10-23)20-42-26-5-1-21(2-6-26)31-34-28-8-4-25(18-29(28)35-31)37-19-22-17-24(3-7-27(22)32(37)39)36-11-15-41-16-12-36/h1-8,17-18,23H,9-16,19-20H2,(H,33,38)(H,34,35). The van der Waals surface area contributed by atoms with Crippen molar-refractivity contribution in [3.8, 4) is 17.1 Å². The molecule has 4 heterocycles. The van der Waals surface area contributed by atoms with Crippen molar-refractivity contribution in [1.29, 1.82) is 0 Å². The van der Waals surface area contributed by atoms with Crippen molar-refractivity contribution in [2.24, 2.45) is 0 Å². The van der Waals surface area contributed by atoms with Gasteiger partial charge in [0.2, 0.25) is 0 Å². The Bertz CT molecular complexity index is 1610. The number of ether oxygens (including phenoxy) is 3. The third kappa shape index (κ3) is 5.43. The maximum Gasteiger partial charge on any atom is 0.258 e. The van der Waals surface area contributed by atoms with Gasteiger partial charge in [-0.05, 0) is 79.1 Å². The number of hydrogen-bond donors (Lipinski definition) is 2. The fourth-order valence-corrected chi connectivity index (χ4v) is 5.80. The molecule has 2 amide bonds. The monoisotopic (exact) mass is 567 g/mol. The van der Waals surface area contributed by atoms with Crippen LogP contribution in [0.2, 0.25) is 0 Å². The van der Waals surface area contributed by atoms with E-state index in [2.05, 4.69) is 21.3 Å². The average Bonchev–Trinajstić information content (AvgIpc) is 3.61. The molecule has 7 rings (SSSR count). The van der Waals surface area contributed by atoms with E-state index in [0.29, 0.717) is 25.5 Å². The van der Waals surface area contributed by atoms with Crippen molar-refractivity contribution < 1.29 is 23.8 Å². The van der Waals surface area contributed by atoms with Crippen LogP contribution < -0.4 is 19.9 Å². The topological polar surface area (TPSA) is 109 Å². The summed E-state index contributed by atoms with van der Waals surface area (Å²) in [5.74, 6) is 1.21. The van der Waals surface area contributed by atoms with Crippen molar-refractivity contribution in [3.05, 3.63) is 71.8 Å². The van der Waals surface area contributed by atoms with Gasteiger partial charge in [0, 0.05) is 54.8 Å². The first kappa shape index (κ1) is 26.5. The molecule has 216 valence electrons. The number of morpholine rings is 1. The summed E-state index contributed by atoms with van der Waals surface area (Å²) in [6.45, 7) is 5.02. The van der Waals surface area contributed by atoms with Gasteiger partial charge in [0.15, 0.2) is 6.61 Å². The smallest absolute Gasteiger partial charge is 0.258 e. The van der Waals surface area contributed by atoms with Crippen LogP contribution >= 0.6 is 0 Å². The fraction of sp³-hybridized carbons (Fsp3) is 0.344. The summed E-state index contributed by atoms with van der Waals surface area (Å²) >= 11 is 0. The second kappa shape index (κ2) is 11.5. The molecular weight excluding hydrogens is 534 g/mol. The van der Waals surface area contributed by atoms with Crippen molar-refractivity contribution >= 4 is 34.2 Å². The van der Waals surface area contributed by atoms with E-state index in [9.17, 15) is 9.59 Å². The molecule has 0 saturated carbocycles. The number of nitrogens with zero attached hydrogens (tertiary/aromatic N) is 3. The number of carbonyl (C=O) groups is 2. The van der Waals surface area contributed by atoms with Crippen LogP contribution in [0.3, 0.4) is 0 Å². The maximum atomic E-state index is 13.3. The molecule has 0 atom stereocenters. The zero-order chi connectivity index (χ0) is 28.5. The summed E-state index contributed by atoms with van der Waals surface area (Å²) < 4.78 is 16.5. The Morgan fingerprint density at radius 2 is 1.71 bits per heavy atom. The quantitative estimate of drug-likeness (QED) is 0.349. The van der Waals surface area contributed by atoms with Gasteiger partial charge < -0.3 is 34.3 Å². The van der Waals surface area contributed by atoms with E-state index in [-0.39, 0.29) is 24.5 Å². The van der Waals surface area contributed by atoms with Gasteiger partial charge >= 0.3 is 0 Å². The molecule has 10 heteroatoms. The lowest BCUT2D eigenvalue weighted by atomic mass is 10.1. The molecule has 1 aromatic heterocycles. The number of benzene rings is 3. The van der Waals surface area contributed by atoms with Crippen molar-refractivity contribution in [2.45, 2.75) is 25.4 Å². The zero-order valence-corrected chi connectivity index (χ0v) is 23.3. The van der Waals surface area contributed by atoms with E-state index in [4.69, 9.17) is 19.2 Å². The Morgan fingerprint density at radius 1 is 0.952 bits per heavy atom. The molecule has 10 nitrogen and oxygen atoms in total. The number of rotatable bonds is 7. The molecule has 0 spiro atoms. The molecular formula is C32H33N5O5. The highest BCUT2D eigenvalue weighted by Crippen LogP contribution is 2.33. The van der Waals surface area contributed by atoms with Crippen LogP contribution in [0.5, 0.6) is 5.75 Å². The first-order chi connectivity index (χ1) is 20.6. The second-order valence-corrected chi connectivity index (χ2v) is 10.9. The second-order valence-electron chi connectivity index (χ2n) is 10.9.